The number of amides is 1. The van der Waals surface area contributed by atoms with Gasteiger partial charge in [-0.15, -0.1) is 0 Å². The molecule has 20 heavy (non-hydrogen) atoms. The second-order valence-electron chi connectivity index (χ2n) is 6.73. The van der Waals surface area contributed by atoms with Crippen LogP contribution in [-0.4, -0.2) is 50.1 Å². The van der Waals surface area contributed by atoms with E-state index in [4.69, 9.17) is 4.74 Å². The van der Waals surface area contributed by atoms with E-state index >= 15 is 0 Å². The van der Waals surface area contributed by atoms with E-state index < -0.39 is 0 Å². The van der Waals surface area contributed by atoms with Gasteiger partial charge in [-0.3, -0.25) is 14.5 Å². The maximum Gasteiger partial charge on any atom is 0.308 e. The van der Waals surface area contributed by atoms with Crippen molar-refractivity contribution < 1.29 is 14.3 Å². The number of hydrogen-bond acceptors (Lipinski definition) is 4. The van der Waals surface area contributed by atoms with Crippen LogP contribution in [0.4, 0.5) is 0 Å². The molecule has 1 N–H and O–H groups in total. The predicted octanol–water partition coefficient (Wildman–Crippen LogP) is 1.42. The highest BCUT2D eigenvalue weighted by molar-refractivity contribution is 5.78. The number of rotatable bonds is 5. The largest absolute Gasteiger partial charge is 0.469 e. The van der Waals surface area contributed by atoms with Gasteiger partial charge in [0.15, 0.2) is 0 Å². The molecule has 1 heterocycles. The van der Waals surface area contributed by atoms with E-state index in [0.717, 1.165) is 38.9 Å². The third-order valence-corrected chi connectivity index (χ3v) is 3.69. The lowest BCUT2D eigenvalue weighted by Gasteiger charge is -2.30. The fraction of sp³-hybridized carbons (Fsp3) is 0.867. The standard InChI is InChI=1S/C15H28N2O3/c1-15(2,3)7-8-16-13(18)11-17-9-5-12(6-10-17)14(19)20-4/h12H,5-11H2,1-4H3,(H,16,18). The van der Waals surface area contributed by atoms with Gasteiger partial charge in [-0.2, -0.15) is 0 Å². The number of carbonyl (C=O) groups excluding carboxylic acids is 2. The van der Waals surface area contributed by atoms with E-state index in [1.807, 2.05) is 0 Å². The maximum atomic E-state index is 11.8. The first-order chi connectivity index (χ1) is 9.31. The number of nitrogens with zero attached hydrogens (tertiary/aromatic N) is 1. The Hall–Kier alpha value is -1.10. The molecule has 0 aromatic heterocycles. The van der Waals surface area contributed by atoms with E-state index in [0.29, 0.717) is 6.54 Å². The van der Waals surface area contributed by atoms with Crippen LogP contribution in [-0.2, 0) is 14.3 Å². The summed E-state index contributed by atoms with van der Waals surface area (Å²) in [7, 11) is 1.43. The average Bonchev–Trinajstić information content (AvgIpc) is 2.37. The third kappa shape index (κ3) is 6.37. The molecule has 1 fully saturated rings. The monoisotopic (exact) mass is 284 g/mol. The Morgan fingerprint density at radius 1 is 1.25 bits per heavy atom. The summed E-state index contributed by atoms with van der Waals surface area (Å²) in [4.78, 5) is 25.3. The zero-order valence-corrected chi connectivity index (χ0v) is 13.2. The van der Waals surface area contributed by atoms with Gasteiger partial charge in [0.25, 0.3) is 0 Å². The molecule has 116 valence electrons. The van der Waals surface area contributed by atoms with Crippen molar-refractivity contribution in [3.63, 3.8) is 0 Å². The molecule has 0 aliphatic carbocycles. The van der Waals surface area contributed by atoms with Crippen LogP contribution in [0.3, 0.4) is 0 Å². The van der Waals surface area contributed by atoms with Gasteiger partial charge in [0.05, 0.1) is 19.6 Å². The lowest BCUT2D eigenvalue weighted by molar-refractivity contribution is -0.147. The second-order valence-corrected chi connectivity index (χ2v) is 6.73. The first kappa shape index (κ1) is 17.0. The first-order valence-corrected chi connectivity index (χ1v) is 7.39. The van der Waals surface area contributed by atoms with Crippen LogP contribution < -0.4 is 5.32 Å². The van der Waals surface area contributed by atoms with E-state index in [2.05, 4.69) is 31.0 Å². The van der Waals surface area contributed by atoms with Gasteiger partial charge >= 0.3 is 5.97 Å². The van der Waals surface area contributed by atoms with E-state index in [9.17, 15) is 9.59 Å². The second kappa shape index (κ2) is 7.62. The lowest BCUT2D eigenvalue weighted by atomic mass is 9.92. The number of esters is 1. The number of nitrogens with one attached hydrogen (secondary N) is 1. The fourth-order valence-electron chi connectivity index (χ4n) is 2.33. The molecule has 0 bridgehead atoms. The van der Waals surface area contributed by atoms with Crippen molar-refractivity contribution in [3.8, 4) is 0 Å². The summed E-state index contributed by atoms with van der Waals surface area (Å²) in [5.74, 6) is -0.0507. The quantitative estimate of drug-likeness (QED) is 0.776. The molecule has 0 aromatic rings. The van der Waals surface area contributed by atoms with Crippen molar-refractivity contribution in [1.82, 2.24) is 10.2 Å². The summed E-state index contributed by atoms with van der Waals surface area (Å²) in [6.07, 6.45) is 2.53. The van der Waals surface area contributed by atoms with Crippen LogP contribution in [0.15, 0.2) is 0 Å². The maximum absolute atomic E-state index is 11.8. The molecular formula is C15H28N2O3. The summed E-state index contributed by atoms with van der Waals surface area (Å²) in [6, 6.07) is 0. The van der Waals surface area contributed by atoms with E-state index in [1.54, 1.807) is 0 Å². The van der Waals surface area contributed by atoms with Crippen LogP contribution in [0.2, 0.25) is 0 Å². The van der Waals surface area contributed by atoms with Crippen molar-refractivity contribution in [2.45, 2.75) is 40.0 Å². The molecule has 5 heteroatoms. The Morgan fingerprint density at radius 3 is 2.35 bits per heavy atom. The Morgan fingerprint density at radius 2 is 1.85 bits per heavy atom. The fourth-order valence-corrected chi connectivity index (χ4v) is 2.33. The van der Waals surface area contributed by atoms with Gasteiger partial charge in [-0.25, -0.2) is 0 Å². The van der Waals surface area contributed by atoms with Crippen LogP contribution in [0.25, 0.3) is 0 Å². The molecule has 0 saturated carbocycles. The van der Waals surface area contributed by atoms with Crippen LogP contribution in [0.1, 0.15) is 40.0 Å². The lowest BCUT2D eigenvalue weighted by Crippen LogP contribution is -2.43. The summed E-state index contributed by atoms with van der Waals surface area (Å²) < 4.78 is 4.75. The summed E-state index contributed by atoms with van der Waals surface area (Å²) >= 11 is 0. The minimum Gasteiger partial charge on any atom is -0.469 e. The smallest absolute Gasteiger partial charge is 0.308 e. The molecule has 1 aliphatic heterocycles. The van der Waals surface area contributed by atoms with Crippen LogP contribution >= 0.6 is 0 Å². The summed E-state index contributed by atoms with van der Waals surface area (Å²) in [5, 5.41) is 2.96. The van der Waals surface area contributed by atoms with E-state index in [1.165, 1.54) is 7.11 Å². The molecule has 1 rings (SSSR count). The highest BCUT2D eigenvalue weighted by Gasteiger charge is 2.26. The zero-order valence-electron chi connectivity index (χ0n) is 13.2. The van der Waals surface area contributed by atoms with Crippen molar-refractivity contribution in [1.29, 1.82) is 0 Å². The normalized spacial score (nSPS) is 17.8. The Kier molecular flexibility index (Phi) is 6.46. The topological polar surface area (TPSA) is 58.6 Å². The number of ether oxygens (including phenoxy) is 1. The molecule has 1 amide bonds. The Bertz CT molecular complexity index is 329. The number of likely N-dealkylation sites (tertiary alicyclic amines) is 1. The predicted molar refractivity (Wildman–Crippen MR) is 78.3 cm³/mol. The van der Waals surface area contributed by atoms with Crippen LogP contribution in [0.5, 0.6) is 0 Å². The molecule has 0 spiro atoms. The molecule has 5 nitrogen and oxygen atoms in total. The van der Waals surface area contributed by atoms with E-state index in [-0.39, 0.29) is 23.2 Å². The molecule has 0 aromatic carbocycles. The van der Waals surface area contributed by atoms with Gasteiger partial charge in [0.1, 0.15) is 0 Å². The number of piperidine rings is 1. The summed E-state index contributed by atoms with van der Waals surface area (Å²) in [6.45, 7) is 9.21. The molecular weight excluding hydrogens is 256 g/mol. The molecule has 0 atom stereocenters. The Labute approximate surface area is 122 Å². The van der Waals surface area contributed by atoms with Gasteiger partial charge in [-0.05, 0) is 37.8 Å². The van der Waals surface area contributed by atoms with Crippen LogP contribution in [0, 0.1) is 11.3 Å². The highest BCUT2D eigenvalue weighted by Crippen LogP contribution is 2.18. The van der Waals surface area contributed by atoms with Gasteiger partial charge < -0.3 is 10.1 Å². The minimum atomic E-state index is -0.126. The minimum absolute atomic E-state index is 0.000187. The van der Waals surface area contributed by atoms with Gasteiger partial charge in [0, 0.05) is 6.54 Å². The van der Waals surface area contributed by atoms with Crippen molar-refractivity contribution in [2.24, 2.45) is 11.3 Å². The first-order valence-electron chi connectivity index (χ1n) is 7.39. The zero-order chi connectivity index (χ0) is 15.2. The SMILES string of the molecule is COC(=O)C1CCN(CC(=O)NCCC(C)(C)C)CC1. The van der Waals surface area contributed by atoms with Gasteiger partial charge in [-0.1, -0.05) is 20.8 Å². The van der Waals surface area contributed by atoms with Crippen molar-refractivity contribution in [2.75, 3.05) is 33.3 Å². The molecule has 1 saturated heterocycles. The highest BCUT2D eigenvalue weighted by atomic mass is 16.5. The third-order valence-electron chi connectivity index (χ3n) is 3.69. The summed E-state index contributed by atoms with van der Waals surface area (Å²) in [5.41, 5.74) is 0.242. The number of hydrogen-bond donors (Lipinski definition) is 1. The number of methoxy groups -OCH3 is 1. The Balaban J connectivity index is 2.20. The number of carbonyl (C=O) groups is 2. The van der Waals surface area contributed by atoms with Crippen molar-refractivity contribution in [3.05, 3.63) is 0 Å². The van der Waals surface area contributed by atoms with Gasteiger partial charge in [0.2, 0.25) is 5.91 Å². The van der Waals surface area contributed by atoms with Crippen molar-refractivity contribution >= 4 is 11.9 Å². The molecule has 0 unspecified atom stereocenters. The molecule has 0 radical (unpaired) electrons. The average molecular weight is 284 g/mol. The molecule has 1 aliphatic rings.